The van der Waals surface area contributed by atoms with Gasteiger partial charge in [0.25, 0.3) is 5.91 Å². The number of amides is 1. The van der Waals surface area contributed by atoms with Crippen LogP contribution in [0, 0.1) is 3.57 Å². The maximum Gasteiger partial charge on any atom is 0.258 e. The normalized spacial score (nSPS) is 11.1. The highest BCUT2D eigenvalue weighted by molar-refractivity contribution is 14.1. The first kappa shape index (κ1) is 15.4. The number of anilines is 1. The van der Waals surface area contributed by atoms with E-state index in [-0.39, 0.29) is 5.91 Å². The van der Waals surface area contributed by atoms with Crippen LogP contribution in [0.15, 0.2) is 42.5 Å². The summed E-state index contributed by atoms with van der Waals surface area (Å²) in [6, 6.07) is 13.8. The molecule has 0 bridgehead atoms. The number of hydrogen-bond donors (Lipinski definition) is 1. The summed E-state index contributed by atoms with van der Waals surface area (Å²) < 4.78 is 2.03. The molecule has 0 aliphatic rings. The lowest BCUT2D eigenvalue weighted by Gasteiger charge is -2.03. The predicted octanol–water partition coefficient (Wildman–Crippen LogP) is 5.28. The van der Waals surface area contributed by atoms with Crippen LogP contribution in [0.3, 0.4) is 0 Å². The lowest BCUT2D eigenvalue weighted by molar-refractivity contribution is 0.102. The Kier molecular flexibility index (Phi) is 4.44. The molecule has 0 saturated heterocycles. The Bertz CT molecular complexity index is 842. The second-order valence-corrected chi connectivity index (χ2v) is 7.53. The van der Waals surface area contributed by atoms with E-state index >= 15 is 0 Å². The van der Waals surface area contributed by atoms with Crippen molar-refractivity contribution in [2.45, 2.75) is 19.8 Å². The molecule has 1 amide bonds. The van der Waals surface area contributed by atoms with E-state index in [1.165, 1.54) is 16.9 Å². The molecule has 0 spiro atoms. The van der Waals surface area contributed by atoms with E-state index in [4.69, 9.17) is 0 Å². The number of hydrogen-bond acceptors (Lipinski definition) is 3. The van der Waals surface area contributed by atoms with Crippen LogP contribution < -0.4 is 5.32 Å². The predicted molar refractivity (Wildman–Crippen MR) is 101 cm³/mol. The number of fused-ring (bicyclic) bond motifs is 1. The minimum atomic E-state index is -0.117. The van der Waals surface area contributed by atoms with Gasteiger partial charge in [-0.15, -0.1) is 0 Å². The number of halogens is 1. The monoisotopic (exact) mass is 422 g/mol. The fraction of sp³-hybridized carbons (Fsp3) is 0.176. The molecule has 5 heteroatoms. The number of nitrogens with zero attached hydrogens (tertiary/aromatic N) is 1. The zero-order chi connectivity index (χ0) is 15.7. The Morgan fingerprint density at radius 3 is 2.73 bits per heavy atom. The van der Waals surface area contributed by atoms with E-state index in [0.717, 1.165) is 13.8 Å². The van der Waals surface area contributed by atoms with E-state index in [1.54, 1.807) is 0 Å². The van der Waals surface area contributed by atoms with Gasteiger partial charge in [0.05, 0.1) is 15.8 Å². The van der Waals surface area contributed by atoms with E-state index < -0.39 is 0 Å². The molecular weight excluding hydrogens is 407 g/mol. The van der Waals surface area contributed by atoms with Crippen LogP contribution in [-0.4, -0.2) is 10.9 Å². The van der Waals surface area contributed by atoms with E-state index in [0.29, 0.717) is 16.6 Å². The van der Waals surface area contributed by atoms with Crippen molar-refractivity contribution >= 4 is 55.2 Å². The third kappa shape index (κ3) is 3.15. The lowest BCUT2D eigenvalue weighted by Crippen LogP contribution is -2.12. The second-order valence-electron chi connectivity index (χ2n) is 5.33. The number of nitrogens with one attached hydrogen (secondary N) is 1. The summed E-state index contributed by atoms with van der Waals surface area (Å²) >= 11 is 3.68. The van der Waals surface area contributed by atoms with Gasteiger partial charge in [0.1, 0.15) is 0 Å². The molecule has 0 fully saturated rings. The van der Waals surface area contributed by atoms with Gasteiger partial charge >= 0.3 is 0 Å². The minimum absolute atomic E-state index is 0.117. The van der Waals surface area contributed by atoms with E-state index in [1.807, 2.05) is 30.3 Å². The quantitative estimate of drug-likeness (QED) is 0.584. The molecule has 1 N–H and O–H groups in total. The van der Waals surface area contributed by atoms with Gasteiger partial charge in [-0.25, -0.2) is 4.98 Å². The first-order valence-corrected chi connectivity index (χ1v) is 8.90. The highest BCUT2D eigenvalue weighted by Crippen LogP contribution is 2.29. The molecular formula is C17H15IN2OS. The first-order chi connectivity index (χ1) is 10.5. The molecule has 112 valence electrons. The molecule has 0 atom stereocenters. The number of rotatable bonds is 3. The molecule has 1 aromatic heterocycles. The van der Waals surface area contributed by atoms with Gasteiger partial charge in [-0.2, -0.15) is 0 Å². The largest absolute Gasteiger partial charge is 0.298 e. The van der Waals surface area contributed by atoms with Crippen molar-refractivity contribution < 1.29 is 4.79 Å². The molecule has 1 heterocycles. The van der Waals surface area contributed by atoms with E-state index in [2.05, 4.69) is 58.9 Å². The third-order valence-electron chi connectivity index (χ3n) is 3.42. The van der Waals surface area contributed by atoms with Gasteiger partial charge in [0.15, 0.2) is 5.13 Å². The Hall–Kier alpha value is -1.47. The summed E-state index contributed by atoms with van der Waals surface area (Å²) in [5, 5.41) is 3.54. The van der Waals surface area contributed by atoms with Crippen molar-refractivity contribution in [2.75, 3.05) is 5.32 Å². The van der Waals surface area contributed by atoms with Crippen molar-refractivity contribution in [1.82, 2.24) is 4.98 Å². The first-order valence-electron chi connectivity index (χ1n) is 7.01. The molecule has 3 nitrogen and oxygen atoms in total. The maximum atomic E-state index is 12.3. The van der Waals surface area contributed by atoms with Gasteiger partial charge in [-0.1, -0.05) is 43.4 Å². The summed E-state index contributed by atoms with van der Waals surface area (Å²) in [6.07, 6.45) is 0. The van der Waals surface area contributed by atoms with Crippen LogP contribution in [0.1, 0.15) is 35.7 Å². The molecule has 2 aromatic carbocycles. The summed E-state index contributed by atoms with van der Waals surface area (Å²) in [6.45, 7) is 4.34. The molecule has 3 aromatic rings. The van der Waals surface area contributed by atoms with Gasteiger partial charge in [-0.05, 0) is 58.3 Å². The van der Waals surface area contributed by atoms with Crippen molar-refractivity contribution in [1.29, 1.82) is 0 Å². The smallest absolute Gasteiger partial charge is 0.258 e. The number of aromatic nitrogens is 1. The van der Waals surface area contributed by atoms with Crippen LogP contribution in [0.5, 0.6) is 0 Å². The van der Waals surface area contributed by atoms with Gasteiger partial charge in [0, 0.05) is 3.57 Å². The zero-order valence-electron chi connectivity index (χ0n) is 12.3. The number of carbonyl (C=O) groups excluding carboxylic acids is 1. The Morgan fingerprint density at radius 2 is 2.00 bits per heavy atom. The van der Waals surface area contributed by atoms with Gasteiger partial charge < -0.3 is 0 Å². The van der Waals surface area contributed by atoms with Crippen molar-refractivity contribution in [3.8, 4) is 0 Å². The summed E-state index contributed by atoms with van der Waals surface area (Å²) in [5.74, 6) is 0.364. The Labute approximate surface area is 146 Å². The molecule has 0 saturated carbocycles. The average Bonchev–Trinajstić information content (AvgIpc) is 2.88. The zero-order valence-corrected chi connectivity index (χ0v) is 15.2. The van der Waals surface area contributed by atoms with Crippen LogP contribution in [0.4, 0.5) is 5.13 Å². The lowest BCUT2D eigenvalue weighted by atomic mass is 10.0. The fourth-order valence-electron chi connectivity index (χ4n) is 2.16. The summed E-state index contributed by atoms with van der Waals surface area (Å²) in [7, 11) is 0. The van der Waals surface area contributed by atoms with Crippen LogP contribution in [0.2, 0.25) is 0 Å². The highest BCUT2D eigenvalue weighted by atomic mass is 127. The summed E-state index contributed by atoms with van der Waals surface area (Å²) in [5.41, 5.74) is 2.88. The Morgan fingerprint density at radius 1 is 1.23 bits per heavy atom. The fourth-order valence-corrected chi connectivity index (χ4v) is 3.71. The SMILES string of the molecule is CC(C)c1ccc2nc(NC(=O)c3ccccc3I)sc2c1. The maximum absolute atomic E-state index is 12.3. The molecule has 22 heavy (non-hydrogen) atoms. The average molecular weight is 422 g/mol. The molecule has 0 aliphatic carbocycles. The number of thiazole rings is 1. The van der Waals surface area contributed by atoms with Crippen LogP contribution in [-0.2, 0) is 0 Å². The standard InChI is InChI=1S/C17H15IN2OS/c1-10(2)11-7-8-14-15(9-11)22-17(19-14)20-16(21)12-5-3-4-6-13(12)18/h3-10H,1-2H3,(H,19,20,21). The number of carbonyl (C=O) groups is 1. The topological polar surface area (TPSA) is 42.0 Å². The third-order valence-corrected chi connectivity index (χ3v) is 5.29. The Balaban J connectivity index is 1.88. The minimum Gasteiger partial charge on any atom is -0.298 e. The molecule has 0 radical (unpaired) electrons. The van der Waals surface area contributed by atoms with Crippen molar-refractivity contribution in [3.63, 3.8) is 0 Å². The van der Waals surface area contributed by atoms with Crippen molar-refractivity contribution in [3.05, 3.63) is 57.2 Å². The second kappa shape index (κ2) is 6.34. The van der Waals surface area contributed by atoms with Gasteiger partial charge in [0.2, 0.25) is 0 Å². The molecule has 3 rings (SSSR count). The van der Waals surface area contributed by atoms with Crippen LogP contribution in [0.25, 0.3) is 10.2 Å². The van der Waals surface area contributed by atoms with Crippen LogP contribution >= 0.6 is 33.9 Å². The molecule has 0 unspecified atom stereocenters. The summed E-state index contributed by atoms with van der Waals surface area (Å²) in [4.78, 5) is 16.8. The van der Waals surface area contributed by atoms with Crippen molar-refractivity contribution in [2.24, 2.45) is 0 Å². The molecule has 0 aliphatic heterocycles. The highest BCUT2D eigenvalue weighted by Gasteiger charge is 2.12. The number of benzene rings is 2. The van der Waals surface area contributed by atoms with Gasteiger partial charge in [-0.3, -0.25) is 10.1 Å². The van der Waals surface area contributed by atoms with E-state index in [9.17, 15) is 4.79 Å².